The number of hydrogen-bond acceptors (Lipinski definition) is 4. The third-order valence-corrected chi connectivity index (χ3v) is 3.90. The Labute approximate surface area is 125 Å². The van der Waals surface area contributed by atoms with Gasteiger partial charge in [0.1, 0.15) is 11.9 Å². The standard InChI is InChI=1S/C17H21N3O/c1-12(21-15-5-3-2-4-6-15)16-11-17(20-19-16)13-7-9-14(18)10-8-13/h2-10,12,16-17,19-20H,11,18H2,1H3. The van der Waals surface area contributed by atoms with E-state index in [4.69, 9.17) is 10.5 Å². The number of ether oxygens (including phenoxy) is 1. The molecule has 3 unspecified atom stereocenters. The van der Waals surface area contributed by atoms with Crippen LogP contribution < -0.4 is 21.3 Å². The predicted octanol–water partition coefficient (Wildman–Crippen LogP) is 2.64. The Hall–Kier alpha value is -2.04. The van der Waals surface area contributed by atoms with Gasteiger partial charge in [-0.05, 0) is 43.2 Å². The van der Waals surface area contributed by atoms with Gasteiger partial charge in [-0.15, -0.1) is 0 Å². The number of hydrogen-bond donors (Lipinski definition) is 3. The van der Waals surface area contributed by atoms with Crippen LogP contribution in [0.5, 0.6) is 5.75 Å². The Kier molecular flexibility index (Phi) is 4.08. The SMILES string of the molecule is CC(Oc1ccccc1)C1CC(c2ccc(N)cc2)NN1. The van der Waals surface area contributed by atoms with Crippen LogP contribution in [0.2, 0.25) is 0 Å². The lowest BCUT2D eigenvalue weighted by atomic mass is 9.99. The maximum atomic E-state index is 5.98. The van der Waals surface area contributed by atoms with E-state index in [0.717, 1.165) is 17.9 Å². The molecule has 2 aromatic carbocycles. The van der Waals surface area contributed by atoms with Gasteiger partial charge < -0.3 is 10.5 Å². The molecule has 0 saturated carbocycles. The van der Waals surface area contributed by atoms with E-state index in [2.05, 4.69) is 29.9 Å². The van der Waals surface area contributed by atoms with Gasteiger partial charge in [0.05, 0.1) is 6.04 Å². The Bertz CT molecular complexity index is 570. The maximum Gasteiger partial charge on any atom is 0.119 e. The second kappa shape index (κ2) is 6.16. The normalized spacial score (nSPS) is 22.9. The molecule has 4 N–H and O–H groups in total. The summed E-state index contributed by atoms with van der Waals surface area (Å²) in [5.74, 6) is 0.905. The summed E-state index contributed by atoms with van der Waals surface area (Å²) >= 11 is 0. The summed E-state index contributed by atoms with van der Waals surface area (Å²) in [7, 11) is 0. The third kappa shape index (κ3) is 3.35. The minimum atomic E-state index is 0.0960. The van der Waals surface area contributed by atoms with E-state index < -0.39 is 0 Å². The van der Waals surface area contributed by atoms with E-state index in [0.29, 0.717) is 0 Å². The topological polar surface area (TPSA) is 59.3 Å². The quantitative estimate of drug-likeness (QED) is 0.755. The van der Waals surface area contributed by atoms with Crippen LogP contribution in [0.1, 0.15) is 24.9 Å². The zero-order valence-corrected chi connectivity index (χ0v) is 12.1. The Morgan fingerprint density at radius 2 is 1.76 bits per heavy atom. The van der Waals surface area contributed by atoms with Crippen molar-refractivity contribution >= 4 is 5.69 Å². The van der Waals surface area contributed by atoms with Gasteiger partial charge in [0.15, 0.2) is 0 Å². The van der Waals surface area contributed by atoms with Gasteiger partial charge in [-0.25, -0.2) is 5.43 Å². The van der Waals surface area contributed by atoms with Gasteiger partial charge in [0, 0.05) is 11.7 Å². The first-order chi connectivity index (χ1) is 10.2. The van der Waals surface area contributed by atoms with Crippen LogP contribution in [0.4, 0.5) is 5.69 Å². The van der Waals surface area contributed by atoms with Crippen LogP contribution in [0, 0.1) is 0 Å². The van der Waals surface area contributed by atoms with Crippen molar-refractivity contribution in [2.75, 3.05) is 5.73 Å². The number of nitrogens with two attached hydrogens (primary N) is 1. The molecule has 1 aliphatic rings. The molecular weight excluding hydrogens is 262 g/mol. The Balaban J connectivity index is 1.60. The van der Waals surface area contributed by atoms with E-state index in [1.165, 1.54) is 5.56 Å². The molecule has 3 rings (SSSR count). The lowest BCUT2D eigenvalue weighted by molar-refractivity contribution is 0.176. The van der Waals surface area contributed by atoms with E-state index >= 15 is 0 Å². The number of rotatable bonds is 4. The molecule has 0 aliphatic carbocycles. The summed E-state index contributed by atoms with van der Waals surface area (Å²) in [4.78, 5) is 0. The van der Waals surface area contributed by atoms with Crippen molar-refractivity contribution in [3.63, 3.8) is 0 Å². The second-order valence-electron chi connectivity index (χ2n) is 5.49. The summed E-state index contributed by atoms with van der Waals surface area (Å²) in [5, 5.41) is 0. The number of hydrazine groups is 1. The van der Waals surface area contributed by atoms with Crippen LogP contribution in [0.15, 0.2) is 54.6 Å². The van der Waals surface area contributed by atoms with Crippen molar-refractivity contribution in [3.8, 4) is 5.75 Å². The monoisotopic (exact) mass is 283 g/mol. The Morgan fingerprint density at radius 3 is 2.48 bits per heavy atom. The van der Waals surface area contributed by atoms with E-state index in [1.54, 1.807) is 0 Å². The van der Waals surface area contributed by atoms with Crippen molar-refractivity contribution in [3.05, 3.63) is 60.2 Å². The predicted molar refractivity (Wildman–Crippen MR) is 84.8 cm³/mol. The van der Waals surface area contributed by atoms with E-state index in [-0.39, 0.29) is 18.2 Å². The summed E-state index contributed by atoms with van der Waals surface area (Å²) in [5.41, 5.74) is 14.4. The summed E-state index contributed by atoms with van der Waals surface area (Å²) < 4.78 is 5.98. The van der Waals surface area contributed by atoms with Crippen molar-refractivity contribution in [2.45, 2.75) is 31.5 Å². The molecule has 0 spiro atoms. The van der Waals surface area contributed by atoms with Crippen molar-refractivity contribution in [1.29, 1.82) is 0 Å². The number of benzene rings is 2. The zero-order chi connectivity index (χ0) is 14.7. The first-order valence-electron chi connectivity index (χ1n) is 7.30. The lowest BCUT2D eigenvalue weighted by Gasteiger charge is -2.20. The molecule has 1 saturated heterocycles. The molecule has 1 aliphatic heterocycles. The highest BCUT2D eigenvalue weighted by molar-refractivity contribution is 5.40. The van der Waals surface area contributed by atoms with Crippen LogP contribution in [-0.4, -0.2) is 12.1 Å². The molecule has 0 radical (unpaired) electrons. The summed E-state index contributed by atoms with van der Waals surface area (Å²) in [6.07, 6.45) is 1.08. The number of nitrogen functional groups attached to an aromatic ring is 1. The molecule has 1 heterocycles. The van der Waals surface area contributed by atoms with Gasteiger partial charge in [0.25, 0.3) is 0 Å². The zero-order valence-electron chi connectivity index (χ0n) is 12.1. The minimum Gasteiger partial charge on any atom is -0.489 e. The summed E-state index contributed by atoms with van der Waals surface area (Å²) in [6.45, 7) is 2.09. The maximum absolute atomic E-state index is 5.98. The molecule has 0 bridgehead atoms. The third-order valence-electron chi connectivity index (χ3n) is 3.90. The van der Waals surface area contributed by atoms with Crippen molar-refractivity contribution in [2.24, 2.45) is 0 Å². The number of anilines is 1. The minimum absolute atomic E-state index is 0.0960. The van der Waals surface area contributed by atoms with Gasteiger partial charge in [-0.1, -0.05) is 30.3 Å². The first-order valence-corrected chi connectivity index (χ1v) is 7.30. The summed E-state index contributed by atoms with van der Waals surface area (Å²) in [6, 6.07) is 18.5. The molecule has 2 aromatic rings. The van der Waals surface area contributed by atoms with Gasteiger partial charge in [-0.2, -0.15) is 0 Å². The highest BCUT2D eigenvalue weighted by Crippen LogP contribution is 2.25. The molecule has 3 atom stereocenters. The Morgan fingerprint density at radius 1 is 1.05 bits per heavy atom. The van der Waals surface area contributed by atoms with Gasteiger partial charge in [0.2, 0.25) is 0 Å². The van der Waals surface area contributed by atoms with Crippen molar-refractivity contribution < 1.29 is 4.74 Å². The molecule has 0 aromatic heterocycles. The van der Waals surface area contributed by atoms with Crippen LogP contribution in [0.3, 0.4) is 0 Å². The number of para-hydroxylation sites is 1. The molecule has 21 heavy (non-hydrogen) atoms. The van der Waals surface area contributed by atoms with Gasteiger partial charge in [-0.3, -0.25) is 5.43 Å². The number of nitrogens with one attached hydrogen (secondary N) is 2. The average molecular weight is 283 g/mol. The van der Waals surface area contributed by atoms with Crippen LogP contribution in [0.25, 0.3) is 0 Å². The fourth-order valence-electron chi connectivity index (χ4n) is 2.63. The molecule has 4 nitrogen and oxygen atoms in total. The fraction of sp³-hybridized carbons (Fsp3) is 0.294. The molecule has 1 fully saturated rings. The smallest absolute Gasteiger partial charge is 0.119 e. The molecule has 4 heteroatoms. The van der Waals surface area contributed by atoms with Crippen LogP contribution >= 0.6 is 0 Å². The highest BCUT2D eigenvalue weighted by atomic mass is 16.5. The van der Waals surface area contributed by atoms with Gasteiger partial charge >= 0.3 is 0 Å². The molecule has 0 amide bonds. The van der Waals surface area contributed by atoms with E-state index in [1.807, 2.05) is 42.5 Å². The fourth-order valence-corrected chi connectivity index (χ4v) is 2.63. The lowest BCUT2D eigenvalue weighted by Crippen LogP contribution is -2.40. The first kappa shape index (κ1) is 13.9. The highest BCUT2D eigenvalue weighted by Gasteiger charge is 2.29. The largest absolute Gasteiger partial charge is 0.489 e. The molecular formula is C17H21N3O. The second-order valence-corrected chi connectivity index (χ2v) is 5.49. The van der Waals surface area contributed by atoms with E-state index in [9.17, 15) is 0 Å². The van der Waals surface area contributed by atoms with Crippen molar-refractivity contribution in [1.82, 2.24) is 10.9 Å². The van der Waals surface area contributed by atoms with Crippen LogP contribution in [-0.2, 0) is 0 Å². The average Bonchev–Trinajstić information content (AvgIpc) is 2.99. The molecule has 110 valence electrons.